The fraction of sp³-hybridized carbons (Fsp3) is 0.444. The summed E-state index contributed by atoms with van der Waals surface area (Å²) in [6.07, 6.45) is 3.76. The maximum absolute atomic E-state index is 13.7. The molecule has 1 aromatic heterocycles. The molecule has 2 heterocycles. The first-order valence-electron chi connectivity index (χ1n) is 13.0. The molecule has 0 unspecified atom stereocenters. The fourth-order valence-electron chi connectivity index (χ4n) is 4.54. The Morgan fingerprint density at radius 2 is 1.82 bits per heavy atom. The molecule has 3 N–H and O–H groups in total. The van der Waals surface area contributed by atoms with E-state index in [-0.39, 0.29) is 30.2 Å². The zero-order chi connectivity index (χ0) is 29.3. The summed E-state index contributed by atoms with van der Waals surface area (Å²) in [6.45, 7) is 5.11. The minimum atomic E-state index is -1.77. The van der Waals surface area contributed by atoms with Crippen LogP contribution in [-0.2, 0) is 34.9 Å². The number of rotatable bonds is 12. The highest BCUT2D eigenvalue weighted by Crippen LogP contribution is 2.30. The molecule has 212 valence electrons. The van der Waals surface area contributed by atoms with Crippen molar-refractivity contribution in [2.75, 3.05) is 7.05 Å². The maximum atomic E-state index is 13.7. The van der Waals surface area contributed by atoms with Crippen molar-refractivity contribution < 1.29 is 33.3 Å². The van der Waals surface area contributed by atoms with Crippen LogP contribution >= 0.6 is 0 Å². The number of ketones is 1. The summed E-state index contributed by atoms with van der Waals surface area (Å²) < 4.78 is 11.5. The standard InChI is InChI=1S/C27H34BN5O7/c1-17(2)12-22(28-39-23(35)15-27(40-28,14-18(3)34)26(38)29-4)33-24(36)20(13-19-8-6-5-7-9-19)32-25(37)21-16-30-10-11-31-21/h5-11,16-17,20,22H,12-15H2,1-4H3,(H,29,38)(H,32,37)(H,33,36)/t20-,22-,27+/m0/s1. The average molecular weight is 551 g/mol. The average Bonchev–Trinajstić information content (AvgIpc) is 2.91. The Morgan fingerprint density at radius 1 is 1.10 bits per heavy atom. The van der Waals surface area contributed by atoms with E-state index in [1.807, 2.05) is 44.2 Å². The number of Topliss-reactive ketones (excluding diaryl/α,β-unsaturated/α-hetero) is 1. The molecule has 3 rings (SSSR count). The van der Waals surface area contributed by atoms with Gasteiger partial charge < -0.3 is 25.3 Å². The third kappa shape index (κ3) is 8.19. The molecule has 1 fully saturated rings. The lowest BCUT2D eigenvalue weighted by atomic mass is 9.70. The first-order chi connectivity index (χ1) is 19.0. The Labute approximate surface area is 233 Å². The van der Waals surface area contributed by atoms with E-state index in [9.17, 15) is 24.0 Å². The van der Waals surface area contributed by atoms with Gasteiger partial charge in [-0.1, -0.05) is 44.2 Å². The van der Waals surface area contributed by atoms with Crippen molar-refractivity contribution >= 4 is 36.6 Å². The molecule has 1 aromatic carbocycles. The SMILES string of the molecule is CNC(=O)[C@@]1(CC(C)=O)CC(=O)OB([C@H](CC(C)C)NC(=O)[C@H](Cc2ccccc2)NC(=O)c2cnccn2)O1. The molecule has 13 heteroatoms. The van der Waals surface area contributed by atoms with E-state index in [1.54, 1.807) is 0 Å². The Kier molecular flexibility index (Phi) is 10.5. The van der Waals surface area contributed by atoms with Crippen LogP contribution in [-0.4, -0.2) is 71.2 Å². The van der Waals surface area contributed by atoms with Crippen molar-refractivity contribution in [3.63, 3.8) is 0 Å². The number of nitrogens with one attached hydrogen (secondary N) is 3. The highest BCUT2D eigenvalue weighted by atomic mass is 16.6. The second-order valence-electron chi connectivity index (χ2n) is 10.2. The molecule has 0 saturated carbocycles. The molecule has 3 amide bonds. The van der Waals surface area contributed by atoms with Crippen LogP contribution in [0.4, 0.5) is 0 Å². The van der Waals surface area contributed by atoms with Gasteiger partial charge in [0.2, 0.25) is 5.91 Å². The van der Waals surface area contributed by atoms with E-state index in [1.165, 1.54) is 32.6 Å². The maximum Gasteiger partial charge on any atom is 0.552 e. The van der Waals surface area contributed by atoms with Crippen LogP contribution in [0.1, 0.15) is 56.1 Å². The number of benzene rings is 1. The molecular weight excluding hydrogens is 517 g/mol. The molecule has 3 atom stereocenters. The highest BCUT2D eigenvalue weighted by molar-refractivity contribution is 6.50. The zero-order valence-electron chi connectivity index (χ0n) is 23.0. The summed E-state index contributed by atoms with van der Waals surface area (Å²) in [5.74, 6) is -3.76. The van der Waals surface area contributed by atoms with Crippen molar-refractivity contribution in [1.82, 2.24) is 25.9 Å². The smallest absolute Gasteiger partial charge is 0.508 e. The zero-order valence-corrected chi connectivity index (χ0v) is 23.0. The van der Waals surface area contributed by atoms with Gasteiger partial charge in [-0.2, -0.15) is 0 Å². The minimum Gasteiger partial charge on any atom is -0.508 e. The molecule has 12 nitrogen and oxygen atoms in total. The number of hydrogen-bond donors (Lipinski definition) is 3. The first kappa shape index (κ1) is 30.4. The number of nitrogens with zero attached hydrogens (tertiary/aromatic N) is 2. The Balaban J connectivity index is 1.89. The Bertz CT molecular complexity index is 1210. The predicted molar refractivity (Wildman–Crippen MR) is 144 cm³/mol. The molecule has 0 bridgehead atoms. The van der Waals surface area contributed by atoms with Gasteiger partial charge in [-0.25, -0.2) is 4.98 Å². The molecular formula is C27H34BN5O7. The van der Waals surface area contributed by atoms with Crippen molar-refractivity contribution in [2.24, 2.45) is 5.92 Å². The molecule has 2 aromatic rings. The largest absolute Gasteiger partial charge is 0.552 e. The van der Waals surface area contributed by atoms with Gasteiger partial charge in [-0.3, -0.25) is 29.0 Å². The van der Waals surface area contributed by atoms with Gasteiger partial charge in [0.25, 0.3) is 17.8 Å². The molecule has 0 spiro atoms. The van der Waals surface area contributed by atoms with Crippen molar-refractivity contribution in [3.8, 4) is 0 Å². The number of likely N-dealkylation sites (N-methyl/N-ethyl adjacent to an activating group) is 1. The van der Waals surface area contributed by atoms with Gasteiger partial charge in [0.15, 0.2) is 5.60 Å². The number of carbonyl (C=O) groups excluding carboxylic acids is 5. The van der Waals surface area contributed by atoms with Crippen LogP contribution in [0.25, 0.3) is 0 Å². The van der Waals surface area contributed by atoms with Crippen molar-refractivity contribution in [1.29, 1.82) is 0 Å². The summed E-state index contributed by atoms with van der Waals surface area (Å²) in [6, 6.07) is 8.09. The van der Waals surface area contributed by atoms with Gasteiger partial charge in [-0.15, -0.1) is 0 Å². The van der Waals surface area contributed by atoms with Crippen LogP contribution < -0.4 is 16.0 Å². The fourth-order valence-corrected chi connectivity index (χ4v) is 4.54. The van der Waals surface area contributed by atoms with Crippen molar-refractivity contribution in [2.45, 2.75) is 64.0 Å². The molecule has 1 aliphatic rings. The summed E-state index contributed by atoms with van der Waals surface area (Å²) in [7, 11) is 0.0291. The summed E-state index contributed by atoms with van der Waals surface area (Å²) in [4.78, 5) is 72.0. The number of hydrogen-bond acceptors (Lipinski definition) is 9. The van der Waals surface area contributed by atoms with Gasteiger partial charge in [0.1, 0.15) is 17.5 Å². The lowest BCUT2D eigenvalue weighted by Crippen LogP contribution is -2.64. The van der Waals surface area contributed by atoms with Crippen molar-refractivity contribution in [3.05, 3.63) is 60.2 Å². The summed E-state index contributed by atoms with van der Waals surface area (Å²) in [5, 5.41) is 8.02. The van der Waals surface area contributed by atoms with Crippen LogP contribution in [0.5, 0.6) is 0 Å². The van der Waals surface area contributed by atoms with Crippen LogP contribution in [0.3, 0.4) is 0 Å². The van der Waals surface area contributed by atoms with Gasteiger partial charge in [0.05, 0.1) is 18.6 Å². The van der Waals surface area contributed by atoms with Crippen LogP contribution in [0.2, 0.25) is 0 Å². The van der Waals surface area contributed by atoms with Gasteiger partial charge >= 0.3 is 7.12 Å². The lowest BCUT2D eigenvalue weighted by molar-refractivity contribution is -0.161. The van der Waals surface area contributed by atoms with Crippen LogP contribution in [0, 0.1) is 5.92 Å². The number of carbonyl (C=O) groups is 5. The second kappa shape index (κ2) is 13.8. The van der Waals surface area contributed by atoms with E-state index in [0.717, 1.165) is 5.56 Å². The Morgan fingerprint density at radius 3 is 2.42 bits per heavy atom. The quantitative estimate of drug-likeness (QED) is 0.324. The van der Waals surface area contributed by atoms with E-state index in [0.29, 0.717) is 6.42 Å². The van der Waals surface area contributed by atoms with E-state index < -0.39 is 54.8 Å². The molecule has 0 aliphatic carbocycles. The Hall–Kier alpha value is -4.13. The van der Waals surface area contributed by atoms with E-state index in [2.05, 4.69) is 25.9 Å². The number of aromatic nitrogens is 2. The van der Waals surface area contributed by atoms with Crippen LogP contribution in [0.15, 0.2) is 48.9 Å². The van der Waals surface area contributed by atoms with E-state index >= 15 is 0 Å². The minimum absolute atomic E-state index is 0.0125. The third-order valence-corrected chi connectivity index (χ3v) is 6.28. The molecule has 0 radical (unpaired) electrons. The van der Waals surface area contributed by atoms with Gasteiger partial charge in [-0.05, 0) is 24.8 Å². The second-order valence-corrected chi connectivity index (χ2v) is 10.2. The lowest BCUT2D eigenvalue weighted by Gasteiger charge is -2.39. The predicted octanol–water partition coefficient (Wildman–Crippen LogP) is 0.803. The normalized spacial score (nSPS) is 18.3. The third-order valence-electron chi connectivity index (χ3n) is 6.28. The monoisotopic (exact) mass is 551 g/mol. The number of amides is 3. The molecule has 1 saturated heterocycles. The topological polar surface area (TPSA) is 166 Å². The van der Waals surface area contributed by atoms with E-state index in [4.69, 9.17) is 9.31 Å². The highest BCUT2D eigenvalue weighted by Gasteiger charge is 2.53. The van der Waals surface area contributed by atoms with Gasteiger partial charge in [0, 0.05) is 32.3 Å². The molecule has 1 aliphatic heterocycles. The first-order valence-corrected chi connectivity index (χ1v) is 13.0. The summed E-state index contributed by atoms with van der Waals surface area (Å²) >= 11 is 0. The summed E-state index contributed by atoms with van der Waals surface area (Å²) in [5.41, 5.74) is -0.941. The molecule has 40 heavy (non-hydrogen) atoms.